The lowest BCUT2D eigenvalue weighted by atomic mass is 9.85. The number of carbonyl (C=O) groups is 3. The van der Waals surface area contributed by atoms with Gasteiger partial charge in [0, 0.05) is 32.4 Å². The van der Waals surface area contributed by atoms with Crippen LogP contribution in [-0.4, -0.2) is 40.5 Å². The van der Waals surface area contributed by atoms with E-state index >= 15 is 0 Å². The molecule has 1 aliphatic heterocycles. The predicted molar refractivity (Wildman–Crippen MR) is 129 cm³/mol. The second-order valence-corrected chi connectivity index (χ2v) is 9.72. The molecule has 1 fully saturated rings. The van der Waals surface area contributed by atoms with Crippen molar-refractivity contribution >= 4 is 17.8 Å². The molecule has 1 amide bonds. The standard InChI is InChI=1S/C28H33NO5/c1-19-4-2-3-5-22(19)17-25(30)15-21-6-9-24-18-29(13-12-23(24)14-21)28(33)34-26-10-7-20(8-11-26)16-27(31)32/h2-6,9,14,20,26H,7-8,10-13,15-18H2,1H3,(H,31,32). The Kier molecular flexibility index (Phi) is 7.66. The highest BCUT2D eigenvalue weighted by atomic mass is 16.6. The van der Waals surface area contributed by atoms with Crippen molar-refractivity contribution in [3.8, 4) is 0 Å². The zero-order valence-corrected chi connectivity index (χ0v) is 19.8. The Bertz CT molecular complexity index is 1050. The molecule has 1 N–H and O–H groups in total. The van der Waals surface area contributed by atoms with Crippen LogP contribution in [0.4, 0.5) is 4.79 Å². The molecule has 6 nitrogen and oxygen atoms in total. The summed E-state index contributed by atoms with van der Waals surface area (Å²) in [7, 11) is 0. The third-order valence-corrected chi connectivity index (χ3v) is 7.12. The molecule has 1 heterocycles. The lowest BCUT2D eigenvalue weighted by molar-refractivity contribution is -0.138. The van der Waals surface area contributed by atoms with Gasteiger partial charge in [-0.25, -0.2) is 4.79 Å². The normalized spacial score (nSPS) is 19.9. The highest BCUT2D eigenvalue weighted by Gasteiger charge is 2.28. The molecule has 0 radical (unpaired) electrons. The molecule has 34 heavy (non-hydrogen) atoms. The minimum absolute atomic E-state index is 0.124. The molecule has 1 saturated carbocycles. The Morgan fingerprint density at radius 2 is 1.76 bits per heavy atom. The number of carboxylic acids is 1. The van der Waals surface area contributed by atoms with Gasteiger partial charge >= 0.3 is 12.1 Å². The van der Waals surface area contributed by atoms with Crippen LogP contribution in [0.1, 0.15) is 59.9 Å². The van der Waals surface area contributed by atoms with Crippen LogP contribution in [0.5, 0.6) is 0 Å². The van der Waals surface area contributed by atoms with Gasteiger partial charge in [0.1, 0.15) is 11.9 Å². The molecule has 0 atom stereocenters. The van der Waals surface area contributed by atoms with Crippen LogP contribution in [-0.2, 0) is 40.1 Å². The van der Waals surface area contributed by atoms with Crippen molar-refractivity contribution < 1.29 is 24.2 Å². The predicted octanol–water partition coefficient (Wildman–Crippen LogP) is 4.88. The van der Waals surface area contributed by atoms with E-state index in [-0.39, 0.29) is 30.3 Å². The highest BCUT2D eigenvalue weighted by molar-refractivity contribution is 5.83. The number of benzene rings is 2. The minimum atomic E-state index is -0.758. The maximum Gasteiger partial charge on any atom is 0.410 e. The number of hydrogen-bond acceptors (Lipinski definition) is 4. The van der Waals surface area contributed by atoms with Gasteiger partial charge in [0.25, 0.3) is 0 Å². The molecule has 2 aliphatic rings. The lowest BCUT2D eigenvalue weighted by Gasteiger charge is -2.32. The molecule has 0 aromatic heterocycles. The summed E-state index contributed by atoms with van der Waals surface area (Å²) in [5.41, 5.74) is 5.53. The largest absolute Gasteiger partial charge is 0.481 e. The number of hydrogen-bond donors (Lipinski definition) is 1. The number of nitrogens with zero attached hydrogens (tertiary/aromatic N) is 1. The number of aryl methyl sites for hydroxylation is 1. The van der Waals surface area contributed by atoms with Crippen LogP contribution in [0.25, 0.3) is 0 Å². The molecule has 6 heteroatoms. The van der Waals surface area contributed by atoms with Crippen molar-refractivity contribution in [3.63, 3.8) is 0 Å². The fraction of sp³-hybridized carbons (Fsp3) is 0.464. The summed E-state index contributed by atoms with van der Waals surface area (Å²) in [5.74, 6) is -0.369. The van der Waals surface area contributed by atoms with Crippen molar-refractivity contribution in [3.05, 3.63) is 70.3 Å². The quantitative estimate of drug-likeness (QED) is 0.633. The molecule has 4 rings (SSSR count). The number of carboxylic acid groups (broad SMARTS) is 1. The van der Waals surface area contributed by atoms with Gasteiger partial charge in [0.05, 0.1) is 0 Å². The molecule has 1 aliphatic carbocycles. The van der Waals surface area contributed by atoms with E-state index in [0.717, 1.165) is 54.4 Å². The molecule has 2 aromatic carbocycles. The Morgan fingerprint density at radius 3 is 2.50 bits per heavy atom. The summed E-state index contributed by atoms with van der Waals surface area (Å²) in [6, 6.07) is 14.1. The van der Waals surface area contributed by atoms with Gasteiger partial charge in [-0.1, -0.05) is 42.5 Å². The average Bonchev–Trinajstić information content (AvgIpc) is 2.81. The number of ether oxygens (including phenoxy) is 1. The van der Waals surface area contributed by atoms with Crippen LogP contribution < -0.4 is 0 Å². The molecule has 180 valence electrons. The lowest BCUT2D eigenvalue weighted by Crippen LogP contribution is -2.39. The zero-order valence-electron chi connectivity index (χ0n) is 19.8. The summed E-state index contributed by atoms with van der Waals surface area (Å²) < 4.78 is 5.74. The summed E-state index contributed by atoms with van der Waals surface area (Å²) >= 11 is 0. The van der Waals surface area contributed by atoms with Crippen LogP contribution >= 0.6 is 0 Å². The van der Waals surface area contributed by atoms with E-state index in [1.165, 1.54) is 5.56 Å². The monoisotopic (exact) mass is 463 g/mol. The number of amides is 1. The van der Waals surface area contributed by atoms with Crippen LogP contribution in [0, 0.1) is 12.8 Å². The smallest absolute Gasteiger partial charge is 0.410 e. The van der Waals surface area contributed by atoms with Crippen molar-refractivity contribution in [2.75, 3.05) is 6.54 Å². The third kappa shape index (κ3) is 6.25. The SMILES string of the molecule is Cc1ccccc1CC(=O)Cc1ccc2c(c1)CCN(C(=O)OC1CCC(CC(=O)O)CC1)C2. The van der Waals surface area contributed by atoms with E-state index < -0.39 is 5.97 Å². The first-order valence-corrected chi connectivity index (χ1v) is 12.2. The van der Waals surface area contributed by atoms with Gasteiger partial charge in [0.2, 0.25) is 0 Å². The van der Waals surface area contributed by atoms with E-state index in [1.54, 1.807) is 4.90 Å². The van der Waals surface area contributed by atoms with E-state index in [0.29, 0.717) is 25.9 Å². The molecule has 0 saturated heterocycles. The summed E-state index contributed by atoms with van der Waals surface area (Å²) in [4.78, 5) is 38.0. The van der Waals surface area contributed by atoms with E-state index in [2.05, 4.69) is 6.07 Å². The summed E-state index contributed by atoms with van der Waals surface area (Å²) in [6.45, 7) is 3.14. The van der Waals surface area contributed by atoms with Gasteiger partial charge < -0.3 is 14.7 Å². The van der Waals surface area contributed by atoms with Crippen LogP contribution in [0.3, 0.4) is 0 Å². The van der Waals surface area contributed by atoms with Gasteiger partial charge in [-0.3, -0.25) is 9.59 Å². The molecule has 0 unspecified atom stereocenters. The molecule has 0 spiro atoms. The number of Topliss-reactive ketones (excluding diaryl/α,β-unsaturated/α-hetero) is 1. The Labute approximate surface area is 200 Å². The van der Waals surface area contributed by atoms with Gasteiger partial charge in [-0.2, -0.15) is 0 Å². The number of carbonyl (C=O) groups excluding carboxylic acids is 2. The second kappa shape index (κ2) is 10.9. The molecular weight excluding hydrogens is 430 g/mol. The van der Waals surface area contributed by atoms with E-state index in [1.807, 2.05) is 43.3 Å². The maximum absolute atomic E-state index is 12.7. The molecule has 0 bridgehead atoms. The van der Waals surface area contributed by atoms with Gasteiger partial charge in [-0.15, -0.1) is 0 Å². The number of ketones is 1. The second-order valence-electron chi connectivity index (χ2n) is 9.72. The summed E-state index contributed by atoms with van der Waals surface area (Å²) in [6.07, 6.45) is 4.43. The Hall–Kier alpha value is -3.15. The fourth-order valence-electron chi connectivity index (χ4n) is 5.10. The van der Waals surface area contributed by atoms with Crippen molar-refractivity contribution in [1.29, 1.82) is 0 Å². The Balaban J connectivity index is 1.28. The number of aliphatic carboxylic acids is 1. The Morgan fingerprint density at radius 1 is 1.00 bits per heavy atom. The van der Waals surface area contributed by atoms with Gasteiger partial charge in [-0.05, 0) is 72.8 Å². The number of fused-ring (bicyclic) bond motifs is 1. The van der Waals surface area contributed by atoms with Crippen molar-refractivity contribution in [2.45, 2.75) is 70.9 Å². The minimum Gasteiger partial charge on any atom is -0.481 e. The van der Waals surface area contributed by atoms with E-state index in [9.17, 15) is 14.4 Å². The van der Waals surface area contributed by atoms with Crippen molar-refractivity contribution in [2.24, 2.45) is 5.92 Å². The highest BCUT2D eigenvalue weighted by Crippen LogP contribution is 2.29. The van der Waals surface area contributed by atoms with Crippen LogP contribution in [0.2, 0.25) is 0 Å². The summed E-state index contributed by atoms with van der Waals surface area (Å²) in [5, 5.41) is 8.95. The topological polar surface area (TPSA) is 83.9 Å². The first-order valence-electron chi connectivity index (χ1n) is 12.2. The molecular formula is C28H33NO5. The fourth-order valence-corrected chi connectivity index (χ4v) is 5.10. The maximum atomic E-state index is 12.7. The van der Waals surface area contributed by atoms with E-state index in [4.69, 9.17) is 9.84 Å². The third-order valence-electron chi connectivity index (χ3n) is 7.12. The first kappa shape index (κ1) is 24.0. The number of rotatable bonds is 7. The van der Waals surface area contributed by atoms with Gasteiger partial charge in [0.15, 0.2) is 0 Å². The molecule has 2 aromatic rings. The zero-order chi connectivity index (χ0) is 24.1. The van der Waals surface area contributed by atoms with Crippen molar-refractivity contribution in [1.82, 2.24) is 4.90 Å². The average molecular weight is 464 g/mol. The first-order chi connectivity index (χ1) is 16.4. The van der Waals surface area contributed by atoms with Crippen LogP contribution in [0.15, 0.2) is 42.5 Å².